The summed E-state index contributed by atoms with van der Waals surface area (Å²) in [5, 5.41) is 8.84. The molecule has 0 aliphatic heterocycles. The van der Waals surface area contributed by atoms with Gasteiger partial charge in [0, 0.05) is 12.8 Å². The van der Waals surface area contributed by atoms with Crippen molar-refractivity contribution in [2.75, 3.05) is 0 Å². The Morgan fingerprint density at radius 2 is 0.588 bits per heavy atom. The van der Waals surface area contributed by atoms with E-state index in [1.807, 2.05) is 0 Å². The second kappa shape index (κ2) is 43.3. The van der Waals surface area contributed by atoms with Crippen LogP contribution in [0.2, 0.25) is 0 Å². The van der Waals surface area contributed by atoms with Crippen LogP contribution >= 0.6 is 0 Å². The summed E-state index contributed by atoms with van der Waals surface area (Å²) in [7, 11) is 0. The highest BCUT2D eigenvalue weighted by Crippen LogP contribution is 2.20. The molecule has 0 rings (SSSR count). The number of carboxylic acid groups (broad SMARTS) is 1. The van der Waals surface area contributed by atoms with Crippen molar-refractivity contribution in [3.05, 3.63) is 0 Å². The normalized spacial score (nSPS) is 12.0. The minimum atomic E-state index is -0.695. The van der Waals surface area contributed by atoms with Gasteiger partial charge in [0.05, 0.1) is 0 Å². The number of esters is 1. The molecule has 0 radical (unpaired) electrons. The molecule has 0 spiro atoms. The van der Waals surface area contributed by atoms with Gasteiger partial charge >= 0.3 is 11.9 Å². The van der Waals surface area contributed by atoms with Gasteiger partial charge in [0.1, 0.15) is 6.10 Å². The number of ether oxygens (including phenoxy) is 1. The Morgan fingerprint density at radius 3 is 0.863 bits per heavy atom. The van der Waals surface area contributed by atoms with Crippen molar-refractivity contribution in [3.63, 3.8) is 0 Å². The highest BCUT2D eigenvalue weighted by molar-refractivity contribution is 5.69. The van der Waals surface area contributed by atoms with Crippen LogP contribution in [0.5, 0.6) is 0 Å². The van der Waals surface area contributed by atoms with Crippen molar-refractivity contribution in [3.8, 4) is 0 Å². The van der Waals surface area contributed by atoms with Crippen LogP contribution < -0.4 is 0 Å². The van der Waals surface area contributed by atoms with E-state index in [1.54, 1.807) is 0 Å². The largest absolute Gasteiger partial charge is 0.481 e. The molecule has 4 nitrogen and oxygen atoms in total. The van der Waals surface area contributed by atoms with Crippen LogP contribution in [0.3, 0.4) is 0 Å². The van der Waals surface area contributed by atoms with E-state index in [9.17, 15) is 9.59 Å². The molecule has 1 atom stereocenters. The smallest absolute Gasteiger partial charge is 0.306 e. The third-order valence-corrected chi connectivity index (χ3v) is 11.1. The highest BCUT2D eigenvalue weighted by Gasteiger charge is 2.14. The Balaban J connectivity index is 3.81. The van der Waals surface area contributed by atoms with E-state index in [0.29, 0.717) is 6.42 Å². The Hall–Kier alpha value is -1.06. The molecule has 0 aromatic carbocycles. The molecular formula is C47H92O4. The fourth-order valence-electron chi connectivity index (χ4n) is 7.60. The molecule has 0 bridgehead atoms. The molecule has 4 heteroatoms. The van der Waals surface area contributed by atoms with Crippen LogP contribution in [0.25, 0.3) is 0 Å². The maximum atomic E-state index is 12.7. The number of carboxylic acids is 1. The summed E-state index contributed by atoms with van der Waals surface area (Å²) in [4.78, 5) is 23.5. The summed E-state index contributed by atoms with van der Waals surface area (Å²) < 4.78 is 6.03. The topological polar surface area (TPSA) is 63.6 Å². The predicted molar refractivity (Wildman–Crippen MR) is 223 cm³/mol. The van der Waals surface area contributed by atoms with Crippen LogP contribution in [0.1, 0.15) is 284 Å². The zero-order valence-electron chi connectivity index (χ0n) is 34.9. The molecule has 51 heavy (non-hydrogen) atoms. The van der Waals surface area contributed by atoms with Gasteiger partial charge in [-0.05, 0) is 38.5 Å². The zero-order valence-corrected chi connectivity index (χ0v) is 34.9. The molecular weight excluding hydrogens is 629 g/mol. The Labute approximate surface area is 320 Å². The molecule has 0 amide bonds. The van der Waals surface area contributed by atoms with Crippen molar-refractivity contribution in [2.24, 2.45) is 0 Å². The third-order valence-electron chi connectivity index (χ3n) is 11.1. The summed E-state index contributed by atoms with van der Waals surface area (Å²) in [5.74, 6) is -0.683. The van der Waals surface area contributed by atoms with E-state index >= 15 is 0 Å². The van der Waals surface area contributed by atoms with Crippen molar-refractivity contribution in [1.82, 2.24) is 0 Å². The van der Waals surface area contributed by atoms with Crippen molar-refractivity contribution in [1.29, 1.82) is 0 Å². The quantitative estimate of drug-likeness (QED) is 0.0503. The number of hydrogen-bond donors (Lipinski definition) is 1. The molecule has 1 unspecified atom stereocenters. The number of unbranched alkanes of at least 4 members (excludes halogenated alkanes) is 35. The lowest BCUT2D eigenvalue weighted by Crippen LogP contribution is -2.18. The fourth-order valence-corrected chi connectivity index (χ4v) is 7.60. The predicted octanol–water partition coefficient (Wildman–Crippen LogP) is 16.4. The molecule has 0 aromatic rings. The SMILES string of the molecule is CCCCCCCCCCCCCCCCCCCCCCCCC(=O)OC(CCCCCCCCCCCCC)CCCCCCCC(=O)O. The monoisotopic (exact) mass is 721 g/mol. The highest BCUT2D eigenvalue weighted by atomic mass is 16.5. The summed E-state index contributed by atoms with van der Waals surface area (Å²) in [6, 6.07) is 0. The van der Waals surface area contributed by atoms with Crippen LogP contribution in [-0.4, -0.2) is 23.1 Å². The average Bonchev–Trinajstić information content (AvgIpc) is 3.12. The van der Waals surface area contributed by atoms with Crippen molar-refractivity contribution < 1.29 is 19.4 Å². The maximum Gasteiger partial charge on any atom is 0.306 e. The van der Waals surface area contributed by atoms with E-state index in [-0.39, 0.29) is 18.5 Å². The number of aliphatic carboxylic acids is 1. The number of hydrogen-bond acceptors (Lipinski definition) is 3. The van der Waals surface area contributed by atoms with Gasteiger partial charge < -0.3 is 9.84 Å². The minimum absolute atomic E-state index is 0.0118. The summed E-state index contributed by atoms with van der Waals surface area (Å²) >= 11 is 0. The first-order valence-electron chi connectivity index (χ1n) is 23.5. The summed E-state index contributed by atoms with van der Waals surface area (Å²) in [5.41, 5.74) is 0. The Kier molecular flexibility index (Phi) is 42.4. The fraction of sp³-hybridized carbons (Fsp3) is 0.957. The first-order valence-corrected chi connectivity index (χ1v) is 23.5. The Bertz CT molecular complexity index is 692. The van der Waals surface area contributed by atoms with Gasteiger partial charge in [0.2, 0.25) is 0 Å². The zero-order chi connectivity index (χ0) is 37.1. The van der Waals surface area contributed by atoms with Gasteiger partial charge in [0.25, 0.3) is 0 Å². The van der Waals surface area contributed by atoms with Gasteiger partial charge in [-0.2, -0.15) is 0 Å². The number of carbonyl (C=O) groups is 2. The number of carbonyl (C=O) groups excluding carboxylic acids is 1. The molecule has 0 aromatic heterocycles. The van der Waals surface area contributed by atoms with E-state index in [0.717, 1.165) is 64.2 Å². The summed E-state index contributed by atoms with van der Waals surface area (Å²) in [6.45, 7) is 4.58. The molecule has 304 valence electrons. The molecule has 0 saturated carbocycles. The first-order chi connectivity index (χ1) is 25.1. The minimum Gasteiger partial charge on any atom is -0.481 e. The van der Waals surface area contributed by atoms with E-state index < -0.39 is 5.97 Å². The van der Waals surface area contributed by atoms with Crippen LogP contribution in [-0.2, 0) is 14.3 Å². The number of rotatable bonds is 44. The second-order valence-corrected chi connectivity index (χ2v) is 16.3. The van der Waals surface area contributed by atoms with Gasteiger partial charge in [-0.3, -0.25) is 9.59 Å². The maximum absolute atomic E-state index is 12.7. The third kappa shape index (κ3) is 43.2. The van der Waals surface area contributed by atoms with Gasteiger partial charge in [-0.15, -0.1) is 0 Å². The average molecular weight is 721 g/mol. The van der Waals surface area contributed by atoms with E-state index in [1.165, 1.54) is 193 Å². The molecule has 1 N–H and O–H groups in total. The van der Waals surface area contributed by atoms with Gasteiger partial charge in [-0.25, -0.2) is 0 Å². The second-order valence-electron chi connectivity index (χ2n) is 16.3. The molecule has 0 aliphatic rings. The van der Waals surface area contributed by atoms with Crippen molar-refractivity contribution >= 4 is 11.9 Å². The van der Waals surface area contributed by atoms with Crippen LogP contribution in [0.15, 0.2) is 0 Å². The lowest BCUT2D eigenvalue weighted by molar-refractivity contribution is -0.150. The van der Waals surface area contributed by atoms with Gasteiger partial charge in [0.15, 0.2) is 0 Å². The van der Waals surface area contributed by atoms with E-state index in [4.69, 9.17) is 9.84 Å². The van der Waals surface area contributed by atoms with Gasteiger partial charge in [-0.1, -0.05) is 232 Å². The Morgan fingerprint density at radius 1 is 0.353 bits per heavy atom. The lowest BCUT2D eigenvalue weighted by Gasteiger charge is -2.18. The first kappa shape index (κ1) is 49.9. The molecule has 0 aliphatic carbocycles. The van der Waals surface area contributed by atoms with Crippen molar-refractivity contribution in [2.45, 2.75) is 290 Å². The van der Waals surface area contributed by atoms with Crippen LogP contribution in [0.4, 0.5) is 0 Å². The van der Waals surface area contributed by atoms with E-state index in [2.05, 4.69) is 13.8 Å². The molecule has 0 saturated heterocycles. The molecule has 0 heterocycles. The van der Waals surface area contributed by atoms with Crippen LogP contribution in [0, 0.1) is 0 Å². The summed E-state index contributed by atoms with van der Waals surface area (Å²) in [6.07, 6.45) is 52.9. The standard InChI is InChI=1S/C47H92O4/c1-3-5-7-9-11-13-15-16-17-18-19-20-21-22-23-24-25-27-29-31-36-40-44-47(50)51-45(42-38-34-32-35-39-43-46(48)49)41-37-33-30-28-26-14-12-10-8-6-4-2/h45H,3-44H2,1-2H3,(H,48,49). The lowest BCUT2D eigenvalue weighted by atomic mass is 10.0. The molecule has 0 fully saturated rings.